The minimum atomic E-state index is -5.12. The number of carbonyl (C=O) groups is 2. The standard InChI is InChI=1S/C31H23BrF6N2O5/c32-23-13-22-24(41)14-27(45-26(22)15-25(23)42)28(43)39-20-6-7-40(21(12-20)8-16-4-2-1-3-5-16)29(44)17-9-18(30(33,34)35)11-19(10-17)31(36,37)38/h1-5,9-11,13-15,20-21,42H,6-8,12H2,(H,39,43)/t20-,21+/m0/s1. The Morgan fingerprint density at radius 2 is 1.60 bits per heavy atom. The van der Waals surface area contributed by atoms with Gasteiger partial charge in [-0.1, -0.05) is 30.3 Å². The number of hydrogen-bond donors (Lipinski definition) is 2. The fourth-order valence-electron chi connectivity index (χ4n) is 5.31. The van der Waals surface area contributed by atoms with Crippen LogP contribution < -0.4 is 10.7 Å². The normalized spacial score (nSPS) is 17.4. The Bertz CT molecular complexity index is 1790. The lowest BCUT2D eigenvalue weighted by atomic mass is 9.91. The molecule has 3 aromatic carbocycles. The van der Waals surface area contributed by atoms with Crippen LogP contribution in [0.2, 0.25) is 0 Å². The summed E-state index contributed by atoms with van der Waals surface area (Å²) in [6.07, 6.45) is -9.83. The third kappa shape index (κ3) is 7.16. The topological polar surface area (TPSA) is 99.9 Å². The number of amides is 2. The molecule has 0 radical (unpaired) electrons. The maximum absolute atomic E-state index is 13.6. The second kappa shape index (κ2) is 12.2. The Kier molecular flexibility index (Phi) is 8.71. The first-order chi connectivity index (χ1) is 21.1. The second-order valence-corrected chi connectivity index (χ2v) is 11.5. The highest BCUT2D eigenvalue weighted by molar-refractivity contribution is 9.10. The Balaban J connectivity index is 1.42. The van der Waals surface area contributed by atoms with E-state index < -0.39 is 58.4 Å². The minimum Gasteiger partial charge on any atom is -0.507 e. The summed E-state index contributed by atoms with van der Waals surface area (Å²) in [6.45, 7) is -0.0948. The van der Waals surface area contributed by atoms with Gasteiger partial charge < -0.3 is 19.7 Å². The number of phenolic OH excluding ortho intramolecular Hbond substituents is 1. The Hall–Kier alpha value is -4.33. The van der Waals surface area contributed by atoms with Crippen LogP contribution in [0.25, 0.3) is 11.0 Å². The van der Waals surface area contributed by atoms with Crippen molar-refractivity contribution in [3.05, 3.63) is 109 Å². The molecule has 0 saturated carbocycles. The van der Waals surface area contributed by atoms with Gasteiger partial charge in [-0.2, -0.15) is 26.3 Å². The number of hydrogen-bond acceptors (Lipinski definition) is 5. The highest BCUT2D eigenvalue weighted by Gasteiger charge is 2.39. The zero-order chi connectivity index (χ0) is 32.7. The van der Waals surface area contributed by atoms with Gasteiger partial charge in [0.15, 0.2) is 11.2 Å². The number of alkyl halides is 6. The lowest BCUT2D eigenvalue weighted by Gasteiger charge is -2.40. The van der Waals surface area contributed by atoms with Crippen LogP contribution in [-0.4, -0.2) is 40.4 Å². The molecule has 2 heterocycles. The van der Waals surface area contributed by atoms with Crippen molar-refractivity contribution in [1.29, 1.82) is 0 Å². The van der Waals surface area contributed by atoms with Gasteiger partial charge in [-0.25, -0.2) is 0 Å². The van der Waals surface area contributed by atoms with Crippen molar-refractivity contribution < 1.29 is 45.5 Å². The van der Waals surface area contributed by atoms with E-state index in [1.54, 1.807) is 30.3 Å². The van der Waals surface area contributed by atoms with E-state index in [4.69, 9.17) is 4.42 Å². The molecule has 1 aliphatic heterocycles. The predicted molar refractivity (Wildman–Crippen MR) is 154 cm³/mol. The molecule has 0 aliphatic carbocycles. The van der Waals surface area contributed by atoms with Crippen LogP contribution in [0, 0.1) is 0 Å². The summed E-state index contributed by atoms with van der Waals surface area (Å²) in [6, 6.07) is 11.7. The number of rotatable bonds is 5. The van der Waals surface area contributed by atoms with Crippen molar-refractivity contribution in [3.8, 4) is 5.75 Å². The average Bonchev–Trinajstić information content (AvgIpc) is 2.97. The number of likely N-dealkylation sites (tertiary alicyclic amines) is 1. The van der Waals surface area contributed by atoms with Gasteiger partial charge in [0.05, 0.1) is 21.0 Å². The summed E-state index contributed by atoms with van der Waals surface area (Å²) in [5.74, 6) is -2.32. The van der Waals surface area contributed by atoms with Gasteiger partial charge >= 0.3 is 12.4 Å². The number of nitrogens with zero attached hydrogens (tertiary/aromatic N) is 1. The molecule has 236 valence electrons. The first-order valence-electron chi connectivity index (χ1n) is 13.5. The first kappa shape index (κ1) is 32.1. The molecule has 1 aromatic heterocycles. The highest BCUT2D eigenvalue weighted by Crippen LogP contribution is 2.37. The first-order valence-corrected chi connectivity index (χ1v) is 14.3. The van der Waals surface area contributed by atoms with E-state index in [0.717, 1.165) is 11.6 Å². The number of benzene rings is 3. The molecule has 1 saturated heterocycles. The predicted octanol–water partition coefficient (Wildman–Crippen LogP) is 6.94. The van der Waals surface area contributed by atoms with Crippen molar-refractivity contribution in [3.63, 3.8) is 0 Å². The van der Waals surface area contributed by atoms with E-state index >= 15 is 0 Å². The molecule has 1 fully saturated rings. The van der Waals surface area contributed by atoms with Crippen LogP contribution in [-0.2, 0) is 18.8 Å². The number of aromatic hydroxyl groups is 1. The summed E-state index contributed by atoms with van der Waals surface area (Å²) < 4.78 is 86.8. The van der Waals surface area contributed by atoms with Crippen LogP contribution >= 0.6 is 15.9 Å². The average molecular weight is 697 g/mol. The molecular formula is C31H23BrF6N2O5. The number of fused-ring (bicyclic) bond motifs is 1. The smallest absolute Gasteiger partial charge is 0.416 e. The van der Waals surface area contributed by atoms with Crippen molar-refractivity contribution >= 4 is 38.7 Å². The van der Waals surface area contributed by atoms with E-state index in [-0.39, 0.29) is 58.8 Å². The molecule has 5 rings (SSSR count). The summed E-state index contributed by atoms with van der Waals surface area (Å²) in [7, 11) is 0. The maximum Gasteiger partial charge on any atom is 0.416 e. The fourth-order valence-corrected chi connectivity index (χ4v) is 5.65. The number of nitrogens with one attached hydrogen (secondary N) is 1. The minimum absolute atomic E-state index is 0.0324. The number of piperidine rings is 1. The van der Waals surface area contributed by atoms with E-state index in [9.17, 15) is 45.8 Å². The van der Waals surface area contributed by atoms with Crippen LogP contribution in [0.1, 0.15) is 50.4 Å². The Labute approximate surface area is 259 Å². The molecule has 2 N–H and O–H groups in total. The van der Waals surface area contributed by atoms with Gasteiger partial charge in [-0.3, -0.25) is 14.4 Å². The third-order valence-corrected chi connectivity index (χ3v) is 8.12. The SMILES string of the molecule is O=C(N[C@H]1CCN(C(=O)c2cc(C(F)(F)F)cc(C(F)(F)F)c2)[C@H](Cc2ccccc2)C1)c1cc(=O)c2cc(Br)c(O)cc2o1. The van der Waals surface area contributed by atoms with Gasteiger partial charge in [0.1, 0.15) is 11.3 Å². The molecule has 0 bridgehead atoms. The maximum atomic E-state index is 13.6. The van der Waals surface area contributed by atoms with E-state index in [1.165, 1.54) is 17.0 Å². The second-order valence-electron chi connectivity index (χ2n) is 10.6. The summed E-state index contributed by atoms with van der Waals surface area (Å²) in [5.41, 5.74) is -3.77. The zero-order valence-corrected chi connectivity index (χ0v) is 24.6. The molecular weight excluding hydrogens is 674 g/mol. The van der Waals surface area contributed by atoms with Gasteiger partial charge in [0.25, 0.3) is 11.8 Å². The number of halogens is 7. The van der Waals surface area contributed by atoms with E-state index in [2.05, 4.69) is 21.2 Å². The Morgan fingerprint density at radius 1 is 0.956 bits per heavy atom. The summed E-state index contributed by atoms with van der Waals surface area (Å²) in [5, 5.41) is 12.8. The molecule has 2 atom stereocenters. The van der Waals surface area contributed by atoms with Gasteiger partial charge in [-0.15, -0.1) is 0 Å². The van der Waals surface area contributed by atoms with Crippen molar-refractivity contribution in [2.75, 3.05) is 6.54 Å². The molecule has 14 heteroatoms. The molecule has 0 unspecified atom stereocenters. The molecule has 4 aromatic rings. The van der Waals surface area contributed by atoms with Crippen LogP contribution in [0.5, 0.6) is 5.75 Å². The van der Waals surface area contributed by atoms with Crippen LogP contribution in [0.4, 0.5) is 26.3 Å². The van der Waals surface area contributed by atoms with Crippen LogP contribution in [0.3, 0.4) is 0 Å². The van der Waals surface area contributed by atoms with Gasteiger partial charge in [-0.05, 0) is 65.0 Å². The summed E-state index contributed by atoms with van der Waals surface area (Å²) in [4.78, 5) is 40.5. The molecule has 7 nitrogen and oxygen atoms in total. The molecule has 1 aliphatic rings. The van der Waals surface area contributed by atoms with Crippen molar-refractivity contribution in [2.24, 2.45) is 0 Å². The molecule has 45 heavy (non-hydrogen) atoms. The summed E-state index contributed by atoms with van der Waals surface area (Å²) >= 11 is 3.11. The largest absolute Gasteiger partial charge is 0.507 e. The van der Waals surface area contributed by atoms with Gasteiger partial charge in [0.2, 0.25) is 0 Å². The monoisotopic (exact) mass is 696 g/mol. The van der Waals surface area contributed by atoms with Gasteiger partial charge in [0, 0.05) is 36.3 Å². The molecule has 2 amide bonds. The van der Waals surface area contributed by atoms with E-state index in [0.29, 0.717) is 12.1 Å². The van der Waals surface area contributed by atoms with Crippen molar-refractivity contribution in [1.82, 2.24) is 10.2 Å². The quantitative estimate of drug-likeness (QED) is 0.220. The number of carbonyl (C=O) groups excluding carboxylic acids is 2. The van der Waals surface area contributed by atoms with Crippen molar-refractivity contribution in [2.45, 2.75) is 43.7 Å². The van der Waals surface area contributed by atoms with Crippen LogP contribution in [0.15, 0.2) is 80.4 Å². The fraction of sp³-hybridized carbons (Fsp3) is 0.258. The zero-order valence-electron chi connectivity index (χ0n) is 23.0. The number of phenols is 1. The Morgan fingerprint density at radius 3 is 2.22 bits per heavy atom. The molecule has 0 spiro atoms. The van der Waals surface area contributed by atoms with E-state index in [1.807, 2.05) is 0 Å². The third-order valence-electron chi connectivity index (χ3n) is 7.48. The lowest BCUT2D eigenvalue weighted by molar-refractivity contribution is -0.143. The highest BCUT2D eigenvalue weighted by atomic mass is 79.9. The lowest BCUT2D eigenvalue weighted by Crippen LogP contribution is -2.52.